The zero-order valence-corrected chi connectivity index (χ0v) is 17.7. The third-order valence-corrected chi connectivity index (χ3v) is 5.47. The lowest BCUT2D eigenvalue weighted by Crippen LogP contribution is -2.55. The van der Waals surface area contributed by atoms with Crippen molar-refractivity contribution in [3.05, 3.63) is 89.5 Å². The molecule has 0 radical (unpaired) electrons. The van der Waals surface area contributed by atoms with Crippen molar-refractivity contribution in [3.63, 3.8) is 0 Å². The van der Waals surface area contributed by atoms with Crippen molar-refractivity contribution in [1.29, 1.82) is 0 Å². The minimum atomic E-state index is -0.848. The van der Waals surface area contributed by atoms with Crippen LogP contribution in [0.2, 0.25) is 0 Å². The molecule has 6 nitrogen and oxygen atoms in total. The van der Waals surface area contributed by atoms with Gasteiger partial charge in [-0.3, -0.25) is 14.5 Å². The summed E-state index contributed by atoms with van der Waals surface area (Å²) in [6.45, 7) is 1.98. The van der Waals surface area contributed by atoms with E-state index in [4.69, 9.17) is 9.47 Å². The van der Waals surface area contributed by atoms with Crippen LogP contribution in [0.1, 0.15) is 28.8 Å². The van der Waals surface area contributed by atoms with Gasteiger partial charge in [0.05, 0.1) is 14.2 Å². The molecule has 1 saturated heterocycles. The Morgan fingerprint density at radius 3 is 2.16 bits per heavy atom. The molecule has 1 aliphatic heterocycles. The first-order valence-electron chi connectivity index (χ1n) is 10.0. The Bertz CT molecular complexity index is 1090. The van der Waals surface area contributed by atoms with Gasteiger partial charge in [-0.2, -0.15) is 0 Å². The Balaban J connectivity index is 1.81. The van der Waals surface area contributed by atoms with Crippen molar-refractivity contribution < 1.29 is 19.1 Å². The number of carbonyl (C=O) groups is 2. The number of hydrogen-bond acceptors (Lipinski definition) is 4. The third-order valence-electron chi connectivity index (χ3n) is 5.47. The zero-order chi connectivity index (χ0) is 22.0. The average molecular weight is 416 g/mol. The van der Waals surface area contributed by atoms with Crippen LogP contribution in [0.15, 0.2) is 72.8 Å². The van der Waals surface area contributed by atoms with Crippen LogP contribution in [0.4, 0.5) is 5.69 Å². The first-order valence-corrected chi connectivity index (χ1v) is 10.0. The Labute approximate surface area is 181 Å². The van der Waals surface area contributed by atoms with Crippen molar-refractivity contribution in [2.75, 3.05) is 19.1 Å². The van der Waals surface area contributed by atoms with Crippen LogP contribution in [-0.2, 0) is 9.59 Å². The van der Waals surface area contributed by atoms with Gasteiger partial charge in [-0.15, -0.1) is 0 Å². The number of amides is 2. The summed E-state index contributed by atoms with van der Waals surface area (Å²) < 4.78 is 10.7. The molecule has 0 saturated carbocycles. The maximum atomic E-state index is 13.8. The van der Waals surface area contributed by atoms with Gasteiger partial charge in [0, 0.05) is 11.3 Å². The molecule has 3 aromatic rings. The number of hydrogen-bond donors (Lipinski definition) is 1. The molecule has 1 heterocycles. The van der Waals surface area contributed by atoms with E-state index < -0.39 is 12.1 Å². The lowest BCUT2D eigenvalue weighted by atomic mass is 9.94. The van der Waals surface area contributed by atoms with Crippen molar-refractivity contribution >= 4 is 17.5 Å². The zero-order valence-electron chi connectivity index (χ0n) is 17.7. The monoisotopic (exact) mass is 416 g/mol. The number of nitrogens with one attached hydrogen (secondary N) is 1. The lowest BCUT2D eigenvalue weighted by Gasteiger charge is -2.39. The van der Waals surface area contributed by atoms with Crippen LogP contribution >= 0.6 is 0 Å². The summed E-state index contributed by atoms with van der Waals surface area (Å²) in [4.78, 5) is 28.7. The molecule has 3 aromatic carbocycles. The molecule has 1 N–H and O–H groups in total. The van der Waals surface area contributed by atoms with Gasteiger partial charge in [-0.1, -0.05) is 48.0 Å². The van der Waals surface area contributed by atoms with Gasteiger partial charge in [0.2, 0.25) is 5.91 Å². The summed E-state index contributed by atoms with van der Waals surface area (Å²) >= 11 is 0. The number of piperazine rings is 1. The summed E-state index contributed by atoms with van der Waals surface area (Å²) in [5.41, 5.74) is 3.05. The van der Waals surface area contributed by atoms with Gasteiger partial charge in [-0.25, -0.2) is 0 Å². The predicted octanol–water partition coefficient (Wildman–Crippen LogP) is 3.96. The van der Waals surface area contributed by atoms with Gasteiger partial charge in [-0.05, 0) is 42.8 Å². The van der Waals surface area contributed by atoms with Gasteiger partial charge < -0.3 is 14.8 Å². The molecular weight excluding hydrogens is 392 g/mol. The molecule has 1 fully saturated rings. The fourth-order valence-corrected chi connectivity index (χ4v) is 3.85. The number of para-hydroxylation sites is 1. The number of carbonyl (C=O) groups excluding carboxylic acids is 2. The molecule has 0 spiro atoms. The van der Waals surface area contributed by atoms with Crippen LogP contribution in [0, 0.1) is 6.92 Å². The number of methoxy groups -OCH3 is 2. The molecule has 0 unspecified atom stereocenters. The van der Waals surface area contributed by atoms with E-state index in [1.54, 1.807) is 55.5 Å². The highest BCUT2D eigenvalue weighted by Gasteiger charge is 2.43. The molecule has 0 bridgehead atoms. The molecule has 1 aliphatic rings. The van der Waals surface area contributed by atoms with E-state index in [-0.39, 0.29) is 11.8 Å². The lowest BCUT2D eigenvalue weighted by molar-refractivity contribution is -0.134. The van der Waals surface area contributed by atoms with Crippen LogP contribution in [0.5, 0.6) is 11.5 Å². The number of anilines is 1. The van der Waals surface area contributed by atoms with Crippen molar-refractivity contribution in [1.82, 2.24) is 5.32 Å². The largest absolute Gasteiger partial charge is 0.497 e. The fourth-order valence-electron chi connectivity index (χ4n) is 3.85. The number of rotatable bonds is 5. The van der Waals surface area contributed by atoms with Crippen LogP contribution < -0.4 is 19.7 Å². The fraction of sp³-hybridized carbons (Fsp3) is 0.200. The molecular formula is C25H24N2O4. The Kier molecular flexibility index (Phi) is 5.62. The topological polar surface area (TPSA) is 67.9 Å². The Morgan fingerprint density at radius 1 is 0.839 bits per heavy atom. The summed E-state index contributed by atoms with van der Waals surface area (Å²) in [7, 11) is 3.13. The Morgan fingerprint density at radius 2 is 1.52 bits per heavy atom. The highest BCUT2D eigenvalue weighted by atomic mass is 16.5. The molecule has 0 aliphatic carbocycles. The van der Waals surface area contributed by atoms with E-state index in [0.717, 1.165) is 5.56 Å². The first kappa shape index (κ1) is 20.5. The normalized spacial score (nSPS) is 18.5. The molecule has 0 aromatic heterocycles. The minimum absolute atomic E-state index is 0.228. The highest BCUT2D eigenvalue weighted by Crippen LogP contribution is 2.37. The number of nitrogens with zero attached hydrogens (tertiary/aromatic N) is 1. The van der Waals surface area contributed by atoms with Gasteiger partial charge in [0.15, 0.2) is 0 Å². The van der Waals surface area contributed by atoms with Crippen molar-refractivity contribution in [3.8, 4) is 11.5 Å². The summed E-state index contributed by atoms with van der Waals surface area (Å²) in [6.07, 6.45) is 0. The van der Waals surface area contributed by atoms with Gasteiger partial charge >= 0.3 is 0 Å². The number of ether oxygens (including phenoxy) is 2. The molecule has 6 heteroatoms. The predicted molar refractivity (Wildman–Crippen MR) is 118 cm³/mol. The van der Waals surface area contributed by atoms with Crippen LogP contribution in [0.3, 0.4) is 0 Å². The Hall–Kier alpha value is -3.80. The molecule has 4 rings (SSSR count). The van der Waals surface area contributed by atoms with E-state index in [1.165, 1.54) is 0 Å². The smallest absolute Gasteiger partial charge is 0.255 e. The van der Waals surface area contributed by atoms with Crippen LogP contribution in [-0.4, -0.2) is 26.0 Å². The van der Waals surface area contributed by atoms with Crippen molar-refractivity contribution in [2.24, 2.45) is 0 Å². The summed E-state index contributed by atoms with van der Waals surface area (Å²) in [5, 5.41) is 2.90. The second-order valence-corrected chi connectivity index (χ2v) is 7.40. The molecule has 158 valence electrons. The van der Waals surface area contributed by atoms with Crippen molar-refractivity contribution in [2.45, 2.75) is 19.0 Å². The molecule has 2 amide bonds. The van der Waals surface area contributed by atoms with E-state index in [0.29, 0.717) is 28.3 Å². The second-order valence-electron chi connectivity index (χ2n) is 7.40. The number of benzene rings is 3. The van der Waals surface area contributed by atoms with E-state index in [1.807, 2.05) is 43.3 Å². The van der Waals surface area contributed by atoms with E-state index in [9.17, 15) is 9.59 Å². The number of aryl methyl sites for hydroxylation is 1. The standard InChI is InChI=1S/C25H24N2O4/c1-16-8-12-18(13-9-16)27-23(17-10-14-19(30-2)15-11-17)24(28)26-22(25(27)29)20-6-4-5-7-21(20)31-3/h4-15,22-23H,1-3H3,(H,26,28)/t22-,23-/m0/s1. The average Bonchev–Trinajstić information content (AvgIpc) is 2.81. The maximum absolute atomic E-state index is 13.8. The quantitative estimate of drug-likeness (QED) is 0.684. The van der Waals surface area contributed by atoms with E-state index >= 15 is 0 Å². The van der Waals surface area contributed by atoms with Crippen LogP contribution in [0.25, 0.3) is 0 Å². The second kappa shape index (κ2) is 8.52. The van der Waals surface area contributed by atoms with Gasteiger partial charge in [0.25, 0.3) is 5.91 Å². The third kappa shape index (κ3) is 3.84. The minimum Gasteiger partial charge on any atom is -0.497 e. The summed E-state index contributed by atoms with van der Waals surface area (Å²) in [5.74, 6) is 0.739. The maximum Gasteiger partial charge on any atom is 0.255 e. The van der Waals surface area contributed by atoms with E-state index in [2.05, 4.69) is 5.32 Å². The molecule has 31 heavy (non-hydrogen) atoms. The first-order chi connectivity index (χ1) is 15.0. The highest BCUT2D eigenvalue weighted by molar-refractivity contribution is 6.09. The van der Waals surface area contributed by atoms with Gasteiger partial charge in [0.1, 0.15) is 23.6 Å². The SMILES string of the molecule is COc1ccc([C@H]2C(=O)N[C@@H](c3ccccc3OC)C(=O)N2c2ccc(C)cc2)cc1. The molecule has 2 atom stereocenters. The summed E-state index contributed by atoms with van der Waals surface area (Å²) in [6, 6.07) is 20.3.